The van der Waals surface area contributed by atoms with Crippen LogP contribution < -0.4 is 10.6 Å². The third-order valence-electron chi connectivity index (χ3n) is 4.86. The van der Waals surface area contributed by atoms with Gasteiger partial charge >= 0.3 is 0 Å². The first-order valence-corrected chi connectivity index (χ1v) is 9.19. The Morgan fingerprint density at radius 2 is 2.04 bits per heavy atom. The number of hydrogen-bond acceptors (Lipinski definition) is 5. The molecule has 7 nitrogen and oxygen atoms in total. The van der Waals surface area contributed by atoms with E-state index in [2.05, 4.69) is 60.5 Å². The maximum Gasteiger partial charge on any atom is 0.191 e. The summed E-state index contributed by atoms with van der Waals surface area (Å²) in [6, 6.07) is 1.98. The average Bonchev–Trinajstić information content (AvgIpc) is 3.07. The molecular weight excluding hydrogens is 318 g/mol. The molecule has 2 rings (SSSR count). The SMILES string of the molecule is CCNC(=NCc1cc(C(C)C)no1)NCC1(N(C)C)CCOCC1. The highest BCUT2D eigenvalue weighted by atomic mass is 16.5. The van der Waals surface area contributed by atoms with Crippen molar-refractivity contribution in [3.05, 3.63) is 17.5 Å². The molecule has 1 aromatic rings. The molecule has 1 fully saturated rings. The van der Waals surface area contributed by atoms with E-state index >= 15 is 0 Å². The summed E-state index contributed by atoms with van der Waals surface area (Å²) in [5.41, 5.74) is 1.07. The quantitative estimate of drug-likeness (QED) is 0.578. The van der Waals surface area contributed by atoms with E-state index in [1.54, 1.807) is 0 Å². The van der Waals surface area contributed by atoms with Gasteiger partial charge in [0.2, 0.25) is 0 Å². The van der Waals surface area contributed by atoms with Crippen LogP contribution in [-0.2, 0) is 11.3 Å². The van der Waals surface area contributed by atoms with Crippen molar-refractivity contribution in [3.63, 3.8) is 0 Å². The van der Waals surface area contributed by atoms with E-state index in [-0.39, 0.29) is 5.54 Å². The molecule has 0 radical (unpaired) electrons. The summed E-state index contributed by atoms with van der Waals surface area (Å²) in [4.78, 5) is 6.95. The number of nitrogens with one attached hydrogen (secondary N) is 2. The lowest BCUT2D eigenvalue weighted by atomic mass is 9.88. The molecule has 25 heavy (non-hydrogen) atoms. The fraction of sp³-hybridized carbons (Fsp3) is 0.778. The Bertz CT molecular complexity index is 547. The predicted octanol–water partition coefficient (Wildman–Crippen LogP) is 1.96. The maximum atomic E-state index is 5.54. The molecule has 142 valence electrons. The fourth-order valence-electron chi connectivity index (χ4n) is 2.96. The smallest absolute Gasteiger partial charge is 0.191 e. The number of likely N-dealkylation sites (N-methyl/N-ethyl adjacent to an activating group) is 1. The second-order valence-corrected chi connectivity index (χ2v) is 7.15. The molecule has 2 heterocycles. The van der Waals surface area contributed by atoms with E-state index < -0.39 is 0 Å². The van der Waals surface area contributed by atoms with Gasteiger partial charge in [0.1, 0.15) is 6.54 Å². The van der Waals surface area contributed by atoms with Crippen LogP contribution in [0.1, 0.15) is 51.0 Å². The lowest BCUT2D eigenvalue weighted by Crippen LogP contribution is -2.57. The molecule has 2 N–H and O–H groups in total. The van der Waals surface area contributed by atoms with E-state index in [0.717, 1.165) is 56.6 Å². The maximum absolute atomic E-state index is 5.54. The van der Waals surface area contributed by atoms with Gasteiger partial charge < -0.3 is 24.8 Å². The third-order valence-corrected chi connectivity index (χ3v) is 4.86. The molecule has 0 aliphatic carbocycles. The van der Waals surface area contributed by atoms with E-state index in [9.17, 15) is 0 Å². The molecule has 0 amide bonds. The summed E-state index contributed by atoms with van der Waals surface area (Å²) in [5, 5.41) is 10.9. The second kappa shape index (κ2) is 9.20. The lowest BCUT2D eigenvalue weighted by molar-refractivity contribution is -0.00501. The van der Waals surface area contributed by atoms with Gasteiger partial charge in [0.15, 0.2) is 11.7 Å². The van der Waals surface area contributed by atoms with Crippen molar-refractivity contribution in [2.45, 2.75) is 51.6 Å². The Morgan fingerprint density at radius 1 is 1.32 bits per heavy atom. The molecular formula is C18H33N5O2. The zero-order valence-corrected chi connectivity index (χ0v) is 16.3. The lowest BCUT2D eigenvalue weighted by Gasteiger charge is -2.43. The number of hydrogen-bond donors (Lipinski definition) is 2. The summed E-state index contributed by atoms with van der Waals surface area (Å²) in [6.45, 7) is 10.0. The first-order valence-electron chi connectivity index (χ1n) is 9.19. The average molecular weight is 351 g/mol. The van der Waals surface area contributed by atoms with Gasteiger partial charge in [-0.25, -0.2) is 4.99 Å². The largest absolute Gasteiger partial charge is 0.381 e. The van der Waals surface area contributed by atoms with Crippen molar-refractivity contribution in [1.82, 2.24) is 20.7 Å². The highest BCUT2D eigenvalue weighted by molar-refractivity contribution is 5.79. The number of guanidine groups is 1. The summed E-state index contributed by atoms with van der Waals surface area (Å²) >= 11 is 0. The van der Waals surface area contributed by atoms with Gasteiger partial charge in [0, 0.05) is 37.9 Å². The molecule has 0 atom stereocenters. The Kier molecular flexibility index (Phi) is 7.25. The van der Waals surface area contributed by atoms with Gasteiger partial charge in [-0.15, -0.1) is 0 Å². The molecule has 1 aromatic heterocycles. The van der Waals surface area contributed by atoms with Crippen LogP contribution in [0.15, 0.2) is 15.6 Å². The van der Waals surface area contributed by atoms with Crippen molar-refractivity contribution in [2.75, 3.05) is 40.4 Å². The summed E-state index contributed by atoms with van der Waals surface area (Å²) in [6.07, 6.45) is 2.04. The summed E-state index contributed by atoms with van der Waals surface area (Å²) in [5.74, 6) is 1.95. The summed E-state index contributed by atoms with van der Waals surface area (Å²) in [7, 11) is 4.28. The minimum Gasteiger partial charge on any atom is -0.381 e. The van der Waals surface area contributed by atoms with Crippen LogP contribution in [-0.4, -0.2) is 62.0 Å². The molecule has 0 saturated carbocycles. The third kappa shape index (κ3) is 5.44. The number of rotatable bonds is 7. The van der Waals surface area contributed by atoms with E-state index in [1.165, 1.54) is 0 Å². The normalized spacial score (nSPS) is 18.0. The van der Waals surface area contributed by atoms with Crippen LogP contribution in [0.3, 0.4) is 0 Å². The van der Waals surface area contributed by atoms with Gasteiger partial charge in [-0.3, -0.25) is 0 Å². The van der Waals surface area contributed by atoms with Gasteiger partial charge in [-0.2, -0.15) is 0 Å². The minimum absolute atomic E-state index is 0.103. The van der Waals surface area contributed by atoms with Crippen LogP contribution in [0.25, 0.3) is 0 Å². The van der Waals surface area contributed by atoms with Gasteiger partial charge in [-0.1, -0.05) is 19.0 Å². The molecule has 7 heteroatoms. The first-order chi connectivity index (χ1) is 12.0. The fourth-order valence-corrected chi connectivity index (χ4v) is 2.96. The van der Waals surface area contributed by atoms with Crippen molar-refractivity contribution in [2.24, 2.45) is 4.99 Å². The number of aliphatic imine (C=N–C) groups is 1. The van der Waals surface area contributed by atoms with Gasteiger partial charge in [-0.05, 0) is 39.8 Å². The van der Waals surface area contributed by atoms with Gasteiger partial charge in [0.05, 0.1) is 5.69 Å². The van der Waals surface area contributed by atoms with Gasteiger partial charge in [0.25, 0.3) is 0 Å². The minimum atomic E-state index is 0.103. The van der Waals surface area contributed by atoms with Crippen molar-refractivity contribution < 1.29 is 9.26 Å². The Morgan fingerprint density at radius 3 is 2.60 bits per heavy atom. The highest BCUT2D eigenvalue weighted by Crippen LogP contribution is 2.25. The van der Waals surface area contributed by atoms with Crippen molar-refractivity contribution in [3.8, 4) is 0 Å². The topological polar surface area (TPSA) is 74.9 Å². The molecule has 1 aliphatic rings. The second-order valence-electron chi connectivity index (χ2n) is 7.15. The highest BCUT2D eigenvalue weighted by Gasteiger charge is 2.34. The number of aromatic nitrogens is 1. The van der Waals surface area contributed by atoms with E-state index in [1.807, 2.05) is 6.07 Å². The number of ether oxygens (including phenoxy) is 1. The predicted molar refractivity (Wildman–Crippen MR) is 99.9 cm³/mol. The van der Waals surface area contributed by atoms with E-state index in [4.69, 9.17) is 9.26 Å². The van der Waals surface area contributed by atoms with Crippen LogP contribution >= 0.6 is 0 Å². The van der Waals surface area contributed by atoms with Crippen LogP contribution in [0.5, 0.6) is 0 Å². The Hall–Kier alpha value is -1.60. The molecule has 1 aliphatic heterocycles. The summed E-state index contributed by atoms with van der Waals surface area (Å²) < 4.78 is 10.9. The molecule has 0 unspecified atom stereocenters. The molecule has 0 aromatic carbocycles. The van der Waals surface area contributed by atoms with Crippen LogP contribution in [0.2, 0.25) is 0 Å². The molecule has 0 spiro atoms. The van der Waals surface area contributed by atoms with Crippen molar-refractivity contribution >= 4 is 5.96 Å². The molecule has 1 saturated heterocycles. The number of nitrogens with zero attached hydrogens (tertiary/aromatic N) is 3. The Labute approximate surface area is 151 Å². The monoisotopic (exact) mass is 351 g/mol. The van der Waals surface area contributed by atoms with Crippen molar-refractivity contribution in [1.29, 1.82) is 0 Å². The Balaban J connectivity index is 1.98. The first kappa shape index (κ1) is 19.7. The zero-order valence-electron chi connectivity index (χ0n) is 16.3. The standard InChI is InChI=1S/C18H33N5O2/c1-6-19-17(20-12-15-11-16(14(2)3)22-25-15)21-13-18(23(4)5)7-9-24-10-8-18/h11,14H,6-10,12-13H2,1-5H3,(H2,19,20,21). The van der Waals surface area contributed by atoms with Crippen LogP contribution in [0, 0.1) is 0 Å². The van der Waals surface area contributed by atoms with Crippen LogP contribution in [0.4, 0.5) is 0 Å². The zero-order chi connectivity index (χ0) is 18.3. The van der Waals surface area contributed by atoms with E-state index in [0.29, 0.717) is 12.5 Å². The molecule has 0 bridgehead atoms.